The standard InChI is InChI=1S/C12H14O/c1-4-11-5-7-12(8-6-11)13-9-10(2)3/h4-8H,1-2,9H2,3H3. The highest BCUT2D eigenvalue weighted by atomic mass is 16.5. The smallest absolute Gasteiger partial charge is 0.119 e. The molecule has 0 saturated carbocycles. The van der Waals surface area contributed by atoms with Gasteiger partial charge in [0.25, 0.3) is 0 Å². The minimum absolute atomic E-state index is 0.577. The van der Waals surface area contributed by atoms with E-state index in [0.29, 0.717) is 6.61 Å². The first-order valence-electron chi connectivity index (χ1n) is 4.22. The topological polar surface area (TPSA) is 9.23 Å². The van der Waals surface area contributed by atoms with Crippen molar-refractivity contribution in [3.8, 4) is 5.75 Å². The Morgan fingerprint density at radius 3 is 2.46 bits per heavy atom. The molecule has 1 nitrogen and oxygen atoms in total. The van der Waals surface area contributed by atoms with Gasteiger partial charge in [0.1, 0.15) is 12.4 Å². The van der Waals surface area contributed by atoms with Crippen LogP contribution in [0.25, 0.3) is 6.08 Å². The number of rotatable bonds is 4. The van der Waals surface area contributed by atoms with Gasteiger partial charge in [-0.25, -0.2) is 0 Å². The van der Waals surface area contributed by atoms with Crippen molar-refractivity contribution >= 4 is 6.08 Å². The van der Waals surface area contributed by atoms with Crippen molar-refractivity contribution in [1.29, 1.82) is 0 Å². The maximum atomic E-state index is 5.43. The summed E-state index contributed by atoms with van der Waals surface area (Å²) in [6.07, 6.45) is 1.81. The molecular formula is C12H14O. The molecule has 0 amide bonds. The third-order valence-electron chi connectivity index (χ3n) is 1.60. The van der Waals surface area contributed by atoms with Crippen molar-refractivity contribution in [2.75, 3.05) is 6.61 Å². The van der Waals surface area contributed by atoms with Crippen LogP contribution in [0.2, 0.25) is 0 Å². The van der Waals surface area contributed by atoms with Crippen LogP contribution in [0.4, 0.5) is 0 Å². The monoisotopic (exact) mass is 174 g/mol. The third kappa shape index (κ3) is 3.16. The van der Waals surface area contributed by atoms with Crippen LogP contribution < -0.4 is 4.74 Å². The van der Waals surface area contributed by atoms with Gasteiger partial charge in [-0.05, 0) is 30.2 Å². The van der Waals surface area contributed by atoms with E-state index < -0.39 is 0 Å². The maximum Gasteiger partial charge on any atom is 0.119 e. The molecular weight excluding hydrogens is 160 g/mol. The molecule has 0 aliphatic heterocycles. The first-order chi connectivity index (χ1) is 6.22. The van der Waals surface area contributed by atoms with Crippen LogP contribution >= 0.6 is 0 Å². The van der Waals surface area contributed by atoms with E-state index in [-0.39, 0.29) is 0 Å². The molecule has 13 heavy (non-hydrogen) atoms. The van der Waals surface area contributed by atoms with Gasteiger partial charge in [0.15, 0.2) is 0 Å². The van der Waals surface area contributed by atoms with Crippen molar-refractivity contribution in [3.63, 3.8) is 0 Å². The highest BCUT2D eigenvalue weighted by molar-refractivity contribution is 5.48. The Labute approximate surface area is 79.4 Å². The summed E-state index contributed by atoms with van der Waals surface area (Å²) in [4.78, 5) is 0. The quantitative estimate of drug-likeness (QED) is 0.636. The normalized spacial score (nSPS) is 9.31. The lowest BCUT2D eigenvalue weighted by Crippen LogP contribution is -1.96. The lowest BCUT2D eigenvalue weighted by molar-refractivity contribution is 0.352. The summed E-state index contributed by atoms with van der Waals surface area (Å²) in [5, 5.41) is 0. The van der Waals surface area contributed by atoms with E-state index in [9.17, 15) is 0 Å². The Balaban J connectivity index is 2.59. The molecule has 0 atom stereocenters. The van der Waals surface area contributed by atoms with Crippen molar-refractivity contribution in [2.24, 2.45) is 0 Å². The molecule has 0 unspecified atom stereocenters. The lowest BCUT2D eigenvalue weighted by Gasteiger charge is -2.05. The van der Waals surface area contributed by atoms with Crippen LogP contribution in [0.1, 0.15) is 12.5 Å². The molecule has 1 aromatic carbocycles. The minimum atomic E-state index is 0.577. The molecule has 0 aromatic heterocycles. The maximum absolute atomic E-state index is 5.43. The Bertz CT molecular complexity index is 295. The predicted octanol–water partition coefficient (Wildman–Crippen LogP) is 3.28. The summed E-state index contributed by atoms with van der Waals surface area (Å²) < 4.78 is 5.43. The van der Waals surface area contributed by atoms with Crippen molar-refractivity contribution in [1.82, 2.24) is 0 Å². The zero-order chi connectivity index (χ0) is 9.68. The molecule has 0 aliphatic rings. The largest absolute Gasteiger partial charge is 0.489 e. The molecule has 1 rings (SSSR count). The molecule has 0 saturated heterocycles. The fraction of sp³-hybridized carbons (Fsp3) is 0.167. The summed E-state index contributed by atoms with van der Waals surface area (Å²) in [6.45, 7) is 9.96. The minimum Gasteiger partial charge on any atom is -0.489 e. The molecule has 0 radical (unpaired) electrons. The van der Waals surface area contributed by atoms with Crippen LogP contribution in [0.15, 0.2) is 43.0 Å². The average molecular weight is 174 g/mol. The Morgan fingerprint density at radius 1 is 1.38 bits per heavy atom. The number of hydrogen-bond donors (Lipinski definition) is 0. The molecule has 0 spiro atoms. The Hall–Kier alpha value is -1.50. The van der Waals surface area contributed by atoms with Crippen LogP contribution in [-0.4, -0.2) is 6.61 Å². The first kappa shape index (κ1) is 9.59. The van der Waals surface area contributed by atoms with E-state index in [1.807, 2.05) is 37.3 Å². The summed E-state index contributed by atoms with van der Waals surface area (Å²) in [5.74, 6) is 0.869. The average Bonchev–Trinajstić information content (AvgIpc) is 2.15. The van der Waals surface area contributed by atoms with Gasteiger partial charge in [0, 0.05) is 0 Å². The highest BCUT2D eigenvalue weighted by Gasteiger charge is 1.92. The van der Waals surface area contributed by atoms with Crippen molar-refractivity contribution in [2.45, 2.75) is 6.92 Å². The van der Waals surface area contributed by atoms with E-state index in [2.05, 4.69) is 13.2 Å². The van der Waals surface area contributed by atoms with Gasteiger partial charge in [-0.3, -0.25) is 0 Å². The number of hydrogen-bond acceptors (Lipinski definition) is 1. The first-order valence-corrected chi connectivity index (χ1v) is 4.22. The van der Waals surface area contributed by atoms with Crippen molar-refractivity contribution in [3.05, 3.63) is 48.6 Å². The number of benzene rings is 1. The molecule has 0 heterocycles. The summed E-state index contributed by atoms with van der Waals surface area (Å²) in [7, 11) is 0. The van der Waals surface area contributed by atoms with Crippen LogP contribution in [0, 0.1) is 0 Å². The number of ether oxygens (including phenoxy) is 1. The molecule has 0 aliphatic carbocycles. The van der Waals surface area contributed by atoms with Gasteiger partial charge in [-0.2, -0.15) is 0 Å². The second kappa shape index (κ2) is 4.51. The van der Waals surface area contributed by atoms with Gasteiger partial charge in [0.2, 0.25) is 0 Å². The zero-order valence-corrected chi connectivity index (χ0v) is 7.92. The van der Waals surface area contributed by atoms with E-state index in [0.717, 1.165) is 16.9 Å². The fourth-order valence-corrected chi connectivity index (χ4v) is 0.907. The molecule has 0 fully saturated rings. The Morgan fingerprint density at radius 2 is 2.00 bits per heavy atom. The molecule has 68 valence electrons. The highest BCUT2D eigenvalue weighted by Crippen LogP contribution is 2.13. The molecule has 1 aromatic rings. The second-order valence-electron chi connectivity index (χ2n) is 3.02. The van der Waals surface area contributed by atoms with Crippen LogP contribution in [0.3, 0.4) is 0 Å². The third-order valence-corrected chi connectivity index (χ3v) is 1.60. The second-order valence-corrected chi connectivity index (χ2v) is 3.02. The van der Waals surface area contributed by atoms with E-state index in [1.165, 1.54) is 0 Å². The molecule has 0 N–H and O–H groups in total. The summed E-state index contributed by atoms with van der Waals surface area (Å²) in [5.41, 5.74) is 2.12. The van der Waals surface area contributed by atoms with Gasteiger partial charge < -0.3 is 4.74 Å². The SMILES string of the molecule is C=Cc1ccc(OCC(=C)C)cc1. The van der Waals surface area contributed by atoms with Gasteiger partial charge >= 0.3 is 0 Å². The van der Waals surface area contributed by atoms with Gasteiger partial charge in [0.05, 0.1) is 0 Å². The van der Waals surface area contributed by atoms with Crippen molar-refractivity contribution < 1.29 is 4.74 Å². The predicted molar refractivity (Wildman–Crippen MR) is 56.8 cm³/mol. The van der Waals surface area contributed by atoms with Crippen LogP contribution in [0.5, 0.6) is 5.75 Å². The molecule has 0 bridgehead atoms. The fourth-order valence-electron chi connectivity index (χ4n) is 0.907. The van der Waals surface area contributed by atoms with E-state index >= 15 is 0 Å². The van der Waals surface area contributed by atoms with E-state index in [1.54, 1.807) is 0 Å². The molecule has 1 heteroatoms. The Kier molecular flexibility index (Phi) is 3.32. The van der Waals surface area contributed by atoms with E-state index in [4.69, 9.17) is 4.74 Å². The lowest BCUT2D eigenvalue weighted by atomic mass is 10.2. The zero-order valence-electron chi connectivity index (χ0n) is 7.92. The summed E-state index contributed by atoms with van der Waals surface area (Å²) in [6, 6.07) is 7.81. The van der Waals surface area contributed by atoms with Gasteiger partial charge in [-0.15, -0.1) is 0 Å². The summed E-state index contributed by atoms with van der Waals surface area (Å²) >= 11 is 0. The van der Waals surface area contributed by atoms with Crippen LogP contribution in [-0.2, 0) is 0 Å². The van der Waals surface area contributed by atoms with Gasteiger partial charge in [-0.1, -0.05) is 31.4 Å².